The molecule has 14 heavy (non-hydrogen) atoms. The molecule has 0 aromatic rings. The van der Waals surface area contributed by atoms with E-state index in [9.17, 15) is 4.79 Å². The highest BCUT2D eigenvalue weighted by Crippen LogP contribution is 2.16. The highest BCUT2D eigenvalue weighted by Gasteiger charge is 2.27. The van der Waals surface area contributed by atoms with Crippen molar-refractivity contribution < 1.29 is 15.0 Å². The molecule has 5 heteroatoms. The van der Waals surface area contributed by atoms with E-state index in [0.29, 0.717) is 0 Å². The van der Waals surface area contributed by atoms with Gasteiger partial charge in [0.05, 0.1) is 18.8 Å². The number of hydrogen-bond acceptors (Lipinski definition) is 4. The van der Waals surface area contributed by atoms with Crippen molar-refractivity contribution in [3.63, 3.8) is 0 Å². The van der Waals surface area contributed by atoms with Gasteiger partial charge in [0, 0.05) is 6.54 Å². The summed E-state index contributed by atoms with van der Waals surface area (Å²) in [5.41, 5.74) is 5.35. The molecule has 0 rings (SSSR count). The first-order chi connectivity index (χ1) is 6.29. The summed E-state index contributed by atoms with van der Waals surface area (Å²) in [4.78, 5) is 11.4. The second-order valence-electron chi connectivity index (χ2n) is 4.43. The van der Waals surface area contributed by atoms with Crippen LogP contribution in [0.5, 0.6) is 0 Å². The van der Waals surface area contributed by atoms with E-state index >= 15 is 0 Å². The van der Waals surface area contributed by atoms with Gasteiger partial charge in [-0.3, -0.25) is 4.79 Å². The van der Waals surface area contributed by atoms with Crippen LogP contribution in [0, 0.1) is 5.41 Å². The maximum Gasteiger partial charge on any atom is 0.237 e. The zero-order valence-electron chi connectivity index (χ0n) is 8.95. The summed E-state index contributed by atoms with van der Waals surface area (Å²) in [5, 5.41) is 20.0. The van der Waals surface area contributed by atoms with Crippen LogP contribution < -0.4 is 11.1 Å². The Balaban J connectivity index is 3.97. The highest BCUT2D eigenvalue weighted by molar-refractivity contribution is 5.82. The molecule has 0 spiro atoms. The molecule has 0 saturated carbocycles. The molecule has 0 aliphatic heterocycles. The Labute approximate surface area is 84.3 Å². The first-order valence-electron chi connectivity index (χ1n) is 4.61. The molecule has 0 bridgehead atoms. The lowest BCUT2D eigenvalue weighted by atomic mass is 9.87. The van der Waals surface area contributed by atoms with Crippen LogP contribution >= 0.6 is 0 Å². The molecule has 2 atom stereocenters. The number of nitrogens with two attached hydrogens (primary N) is 1. The predicted molar refractivity (Wildman–Crippen MR) is 53.5 cm³/mol. The molecule has 0 aromatic carbocycles. The van der Waals surface area contributed by atoms with Gasteiger partial charge in [-0.1, -0.05) is 20.8 Å². The van der Waals surface area contributed by atoms with Crippen molar-refractivity contribution in [1.29, 1.82) is 0 Å². The van der Waals surface area contributed by atoms with Crippen molar-refractivity contribution in [1.82, 2.24) is 5.32 Å². The summed E-state index contributed by atoms with van der Waals surface area (Å²) in [7, 11) is 0. The summed E-state index contributed by atoms with van der Waals surface area (Å²) in [5.74, 6) is -0.315. The lowest BCUT2D eigenvalue weighted by Crippen LogP contribution is -2.50. The summed E-state index contributed by atoms with van der Waals surface area (Å²) >= 11 is 0. The van der Waals surface area contributed by atoms with E-state index in [0.717, 1.165) is 0 Å². The summed E-state index contributed by atoms with van der Waals surface area (Å²) in [6.07, 6.45) is -0.925. The lowest BCUT2D eigenvalue weighted by Gasteiger charge is -2.26. The summed E-state index contributed by atoms with van der Waals surface area (Å²) in [6.45, 7) is 5.24. The second-order valence-corrected chi connectivity index (χ2v) is 4.43. The molecule has 84 valence electrons. The Kier molecular flexibility index (Phi) is 5.04. The van der Waals surface area contributed by atoms with E-state index < -0.39 is 12.1 Å². The third kappa shape index (κ3) is 4.55. The first kappa shape index (κ1) is 13.4. The Morgan fingerprint density at radius 1 is 1.50 bits per heavy atom. The molecule has 5 N–H and O–H groups in total. The number of aliphatic hydroxyl groups is 2. The number of nitrogens with one attached hydrogen (secondary N) is 1. The van der Waals surface area contributed by atoms with Gasteiger partial charge in [0.25, 0.3) is 0 Å². The average Bonchev–Trinajstić information content (AvgIpc) is 2.10. The van der Waals surface area contributed by atoms with E-state index in [1.165, 1.54) is 0 Å². The standard InChI is InChI=1S/C9H20N2O3/c1-9(2,3)7(10)8(14)11-4-6(13)5-12/h6-7,12-13H,4-5,10H2,1-3H3,(H,11,14). The molecule has 0 saturated heterocycles. The van der Waals surface area contributed by atoms with Crippen LogP contribution in [-0.4, -0.2) is 41.4 Å². The largest absolute Gasteiger partial charge is 0.394 e. The smallest absolute Gasteiger partial charge is 0.237 e. The number of carbonyl (C=O) groups is 1. The van der Waals surface area contributed by atoms with E-state index in [-0.39, 0.29) is 24.5 Å². The Morgan fingerprint density at radius 3 is 2.36 bits per heavy atom. The van der Waals surface area contributed by atoms with Crippen molar-refractivity contribution in [2.45, 2.75) is 32.9 Å². The fourth-order valence-electron chi connectivity index (χ4n) is 0.786. The van der Waals surface area contributed by atoms with Crippen LogP contribution in [0.4, 0.5) is 0 Å². The highest BCUT2D eigenvalue weighted by atomic mass is 16.3. The van der Waals surface area contributed by atoms with Crippen molar-refractivity contribution in [2.24, 2.45) is 11.1 Å². The minimum Gasteiger partial charge on any atom is -0.394 e. The third-order valence-corrected chi connectivity index (χ3v) is 1.94. The molecule has 0 aromatic heterocycles. The molecule has 5 nitrogen and oxygen atoms in total. The van der Waals surface area contributed by atoms with E-state index in [2.05, 4.69) is 5.32 Å². The van der Waals surface area contributed by atoms with Crippen molar-refractivity contribution in [3.05, 3.63) is 0 Å². The fourth-order valence-corrected chi connectivity index (χ4v) is 0.786. The molecule has 1 amide bonds. The minimum absolute atomic E-state index is 0.0269. The molecular weight excluding hydrogens is 184 g/mol. The molecule has 0 aliphatic carbocycles. The zero-order chi connectivity index (χ0) is 11.4. The molecule has 0 radical (unpaired) electrons. The molecular formula is C9H20N2O3. The van der Waals surface area contributed by atoms with Gasteiger partial charge in [-0.25, -0.2) is 0 Å². The quantitative estimate of drug-likeness (QED) is 0.464. The summed E-state index contributed by atoms with van der Waals surface area (Å²) in [6, 6.07) is -0.617. The van der Waals surface area contributed by atoms with Crippen molar-refractivity contribution in [3.8, 4) is 0 Å². The number of rotatable bonds is 4. The van der Waals surface area contributed by atoms with Gasteiger partial charge >= 0.3 is 0 Å². The van der Waals surface area contributed by atoms with Gasteiger partial charge in [0.2, 0.25) is 5.91 Å². The first-order valence-corrected chi connectivity index (χ1v) is 4.61. The topological polar surface area (TPSA) is 95.6 Å². The second kappa shape index (κ2) is 5.29. The van der Waals surface area contributed by atoms with Gasteiger partial charge < -0.3 is 21.3 Å². The maximum atomic E-state index is 11.4. The third-order valence-electron chi connectivity index (χ3n) is 1.94. The van der Waals surface area contributed by atoms with Gasteiger partial charge in [0.1, 0.15) is 0 Å². The van der Waals surface area contributed by atoms with Gasteiger partial charge in [0.15, 0.2) is 0 Å². The monoisotopic (exact) mass is 204 g/mol. The summed E-state index contributed by atoms with van der Waals surface area (Å²) < 4.78 is 0. The Hall–Kier alpha value is -0.650. The van der Waals surface area contributed by atoms with Crippen molar-refractivity contribution in [2.75, 3.05) is 13.2 Å². The predicted octanol–water partition coefficient (Wildman–Crippen LogP) is -1.17. The van der Waals surface area contributed by atoms with Gasteiger partial charge in [-0.15, -0.1) is 0 Å². The molecule has 0 fully saturated rings. The minimum atomic E-state index is -0.925. The van der Waals surface area contributed by atoms with E-state index in [1.807, 2.05) is 20.8 Å². The van der Waals surface area contributed by atoms with Crippen LogP contribution in [-0.2, 0) is 4.79 Å². The number of aliphatic hydroxyl groups excluding tert-OH is 2. The maximum absolute atomic E-state index is 11.4. The SMILES string of the molecule is CC(C)(C)C(N)C(=O)NCC(O)CO. The zero-order valence-corrected chi connectivity index (χ0v) is 8.95. The van der Waals surface area contributed by atoms with Crippen LogP contribution in [0.25, 0.3) is 0 Å². The normalized spacial score (nSPS) is 16.1. The fraction of sp³-hybridized carbons (Fsp3) is 0.889. The van der Waals surface area contributed by atoms with Gasteiger partial charge in [-0.05, 0) is 5.41 Å². The Morgan fingerprint density at radius 2 is 2.00 bits per heavy atom. The molecule has 0 aliphatic rings. The number of hydrogen-bond donors (Lipinski definition) is 4. The van der Waals surface area contributed by atoms with Crippen molar-refractivity contribution >= 4 is 5.91 Å². The van der Waals surface area contributed by atoms with E-state index in [4.69, 9.17) is 15.9 Å². The van der Waals surface area contributed by atoms with E-state index in [1.54, 1.807) is 0 Å². The number of carbonyl (C=O) groups excluding carboxylic acids is 1. The molecule has 0 heterocycles. The lowest BCUT2D eigenvalue weighted by molar-refractivity contribution is -0.125. The van der Waals surface area contributed by atoms with Crippen LogP contribution in [0.15, 0.2) is 0 Å². The average molecular weight is 204 g/mol. The van der Waals surface area contributed by atoms with Gasteiger partial charge in [-0.2, -0.15) is 0 Å². The Bertz CT molecular complexity index is 189. The molecule has 2 unspecified atom stereocenters. The van der Waals surface area contributed by atoms with Crippen LogP contribution in [0.2, 0.25) is 0 Å². The van der Waals surface area contributed by atoms with Crippen LogP contribution in [0.1, 0.15) is 20.8 Å². The van der Waals surface area contributed by atoms with Crippen LogP contribution in [0.3, 0.4) is 0 Å². The number of amides is 1.